The molecule has 0 aromatic heterocycles. The molecule has 0 amide bonds. The summed E-state index contributed by atoms with van der Waals surface area (Å²) in [5.41, 5.74) is -0.0276. The van der Waals surface area contributed by atoms with Crippen LogP contribution in [0.15, 0.2) is 11.6 Å². The van der Waals surface area contributed by atoms with Gasteiger partial charge in [-0.2, -0.15) is 31.6 Å². The first-order chi connectivity index (χ1) is 8.87. The van der Waals surface area contributed by atoms with Gasteiger partial charge >= 0.3 is 19.9 Å². The number of allylic oxidation sites excluding steroid dienone is 2. The predicted octanol–water partition coefficient (Wildman–Crippen LogP) is 3.81. The Hall–Kier alpha value is -1.04. The molecule has 4 nitrogen and oxygen atoms in total. The lowest BCUT2D eigenvalue weighted by molar-refractivity contribution is -0.165. The highest BCUT2D eigenvalue weighted by molar-refractivity contribution is 7.54. The van der Waals surface area contributed by atoms with Crippen LogP contribution in [0, 0.1) is 11.3 Å². The van der Waals surface area contributed by atoms with Gasteiger partial charge < -0.3 is 0 Å². The Balaban J connectivity index is 4.90. The maximum atomic E-state index is 12.0. The van der Waals surface area contributed by atoms with Gasteiger partial charge in [-0.15, -0.1) is 0 Å². The fraction of sp³-hybridized carbons (Fsp3) is 0.667. The Labute approximate surface area is 110 Å². The quantitative estimate of drug-likeness (QED) is 0.423. The molecular weight excluding hydrogens is 315 g/mol. The van der Waals surface area contributed by atoms with Crippen molar-refractivity contribution in [1.29, 1.82) is 5.26 Å². The minimum atomic E-state index is -4.87. The van der Waals surface area contributed by atoms with E-state index in [0.29, 0.717) is 0 Å². The van der Waals surface area contributed by atoms with Crippen LogP contribution in [0.5, 0.6) is 0 Å². The van der Waals surface area contributed by atoms with Crippen molar-refractivity contribution in [2.24, 2.45) is 0 Å². The lowest BCUT2D eigenvalue weighted by Gasteiger charge is -2.20. The van der Waals surface area contributed by atoms with Crippen molar-refractivity contribution in [2.75, 3.05) is 19.4 Å². The summed E-state index contributed by atoms with van der Waals surface area (Å²) in [4.78, 5) is 0. The van der Waals surface area contributed by atoms with E-state index in [9.17, 15) is 30.9 Å². The highest BCUT2D eigenvalue weighted by Crippen LogP contribution is 2.51. The minimum absolute atomic E-state index is 0.0276. The van der Waals surface area contributed by atoms with Crippen LogP contribution in [0.25, 0.3) is 0 Å². The van der Waals surface area contributed by atoms with Gasteiger partial charge in [-0.1, -0.05) is 5.57 Å². The van der Waals surface area contributed by atoms with Gasteiger partial charge in [0.1, 0.15) is 0 Å². The van der Waals surface area contributed by atoms with Crippen LogP contribution < -0.4 is 0 Å². The summed E-state index contributed by atoms with van der Waals surface area (Å²) >= 11 is 0. The molecule has 0 aromatic rings. The zero-order valence-electron chi connectivity index (χ0n) is 10.1. The summed E-state index contributed by atoms with van der Waals surface area (Å²) in [6.07, 6.45) is -9.76. The lowest BCUT2D eigenvalue weighted by Crippen LogP contribution is -2.20. The Morgan fingerprint density at radius 3 is 1.85 bits per heavy atom. The Morgan fingerprint density at radius 2 is 1.55 bits per heavy atom. The molecule has 0 aliphatic heterocycles. The third kappa shape index (κ3) is 9.83. The molecule has 0 aromatic carbocycles. The van der Waals surface area contributed by atoms with E-state index >= 15 is 0 Å². The number of nitrogens with zero attached hydrogens (tertiary/aromatic N) is 1. The van der Waals surface area contributed by atoms with Gasteiger partial charge in [0.25, 0.3) is 0 Å². The number of alkyl halides is 6. The molecule has 0 spiro atoms. The second-order valence-corrected chi connectivity index (χ2v) is 5.72. The van der Waals surface area contributed by atoms with Gasteiger partial charge in [0, 0.05) is 6.08 Å². The fourth-order valence-corrected chi connectivity index (χ4v) is 2.58. The van der Waals surface area contributed by atoms with Crippen molar-refractivity contribution in [3.8, 4) is 6.07 Å². The smallest absolute Gasteiger partial charge is 0.299 e. The zero-order valence-corrected chi connectivity index (χ0v) is 11.0. The topological polar surface area (TPSA) is 59.3 Å². The highest BCUT2D eigenvalue weighted by atomic mass is 31.2. The largest absolute Gasteiger partial charge is 0.412 e. The molecule has 116 valence electrons. The molecule has 0 aliphatic carbocycles. The second kappa shape index (κ2) is 7.11. The van der Waals surface area contributed by atoms with Crippen LogP contribution in [-0.2, 0) is 13.6 Å². The van der Waals surface area contributed by atoms with E-state index in [2.05, 4.69) is 9.05 Å². The second-order valence-electron chi connectivity index (χ2n) is 3.67. The number of nitriles is 1. The van der Waals surface area contributed by atoms with Crippen LogP contribution in [0.3, 0.4) is 0 Å². The molecule has 0 unspecified atom stereocenters. The summed E-state index contributed by atoms with van der Waals surface area (Å²) in [6.45, 7) is -2.83. The van der Waals surface area contributed by atoms with Crippen LogP contribution in [-0.4, -0.2) is 31.7 Å². The van der Waals surface area contributed by atoms with Crippen LogP contribution >= 0.6 is 7.60 Å². The average Bonchev–Trinajstić information content (AvgIpc) is 2.22. The maximum absolute atomic E-state index is 12.0. The lowest BCUT2D eigenvalue weighted by atomic mass is 10.3. The third-order valence-electron chi connectivity index (χ3n) is 1.60. The molecule has 0 fully saturated rings. The van der Waals surface area contributed by atoms with Crippen molar-refractivity contribution in [2.45, 2.75) is 19.3 Å². The molecule has 0 atom stereocenters. The number of hydrogen-bond donors (Lipinski definition) is 0. The Kier molecular flexibility index (Phi) is 6.74. The number of hydrogen-bond acceptors (Lipinski definition) is 4. The van der Waals surface area contributed by atoms with E-state index in [0.717, 1.165) is 6.08 Å². The monoisotopic (exact) mass is 325 g/mol. The summed E-state index contributed by atoms with van der Waals surface area (Å²) < 4.78 is 91.5. The van der Waals surface area contributed by atoms with Crippen molar-refractivity contribution in [1.82, 2.24) is 0 Å². The van der Waals surface area contributed by atoms with Gasteiger partial charge in [0.15, 0.2) is 13.2 Å². The number of rotatable bonds is 6. The molecular formula is C9H10F6NO3P. The Bertz CT molecular complexity index is 414. The molecule has 0 radical (unpaired) electrons. The summed E-state index contributed by atoms with van der Waals surface area (Å²) in [5, 5.41) is 8.29. The van der Waals surface area contributed by atoms with E-state index in [4.69, 9.17) is 5.26 Å². The fourth-order valence-electron chi connectivity index (χ4n) is 0.933. The van der Waals surface area contributed by atoms with Gasteiger partial charge in [0.2, 0.25) is 0 Å². The first-order valence-corrected chi connectivity index (χ1v) is 6.66. The van der Waals surface area contributed by atoms with Gasteiger partial charge in [-0.3, -0.25) is 13.6 Å². The molecule has 0 saturated heterocycles. The normalized spacial score (nSPS) is 14.2. The van der Waals surface area contributed by atoms with Gasteiger partial charge in [-0.25, -0.2) is 0 Å². The molecule has 0 aliphatic rings. The van der Waals surface area contributed by atoms with Crippen LogP contribution in [0.1, 0.15) is 6.92 Å². The summed E-state index contributed by atoms with van der Waals surface area (Å²) in [7, 11) is -4.66. The first kappa shape index (κ1) is 19.0. The van der Waals surface area contributed by atoms with Gasteiger partial charge in [0.05, 0.1) is 12.2 Å². The van der Waals surface area contributed by atoms with E-state index in [-0.39, 0.29) is 5.57 Å². The average molecular weight is 325 g/mol. The zero-order chi connectivity index (χ0) is 16.0. The SMILES string of the molecule is C/C(=C/C#N)CP(=O)(OCC(F)(F)F)OCC(F)(F)F. The van der Waals surface area contributed by atoms with Gasteiger partial charge in [-0.05, 0) is 6.92 Å². The van der Waals surface area contributed by atoms with E-state index in [1.165, 1.54) is 13.0 Å². The molecule has 20 heavy (non-hydrogen) atoms. The third-order valence-corrected chi connectivity index (χ3v) is 3.53. The molecule has 0 saturated carbocycles. The Morgan fingerprint density at radius 1 is 1.15 bits per heavy atom. The first-order valence-electron chi connectivity index (χ1n) is 4.94. The minimum Gasteiger partial charge on any atom is -0.299 e. The van der Waals surface area contributed by atoms with Crippen molar-refractivity contribution < 1.29 is 40.0 Å². The van der Waals surface area contributed by atoms with Crippen LogP contribution in [0.2, 0.25) is 0 Å². The summed E-state index contributed by atoms with van der Waals surface area (Å²) in [5.74, 6) is 0. The van der Waals surface area contributed by atoms with Crippen LogP contribution in [0.4, 0.5) is 26.3 Å². The van der Waals surface area contributed by atoms with E-state index in [1.54, 1.807) is 0 Å². The molecule has 0 bridgehead atoms. The predicted molar refractivity (Wildman–Crippen MR) is 55.9 cm³/mol. The standard InChI is InChI=1S/C9H10F6NO3P/c1-7(2-3-16)4-20(17,18-5-8(10,11)12)19-6-9(13,14)15/h2H,4-6H2,1H3/b7-2-. The van der Waals surface area contributed by atoms with E-state index in [1.807, 2.05) is 0 Å². The molecule has 0 N–H and O–H groups in total. The molecule has 0 heterocycles. The molecule has 0 rings (SSSR count). The maximum Gasteiger partial charge on any atom is 0.412 e. The summed E-state index contributed by atoms with van der Waals surface area (Å²) in [6, 6.07) is 1.50. The van der Waals surface area contributed by atoms with Crippen molar-refractivity contribution in [3.63, 3.8) is 0 Å². The van der Waals surface area contributed by atoms with Crippen molar-refractivity contribution >= 4 is 7.60 Å². The number of halogens is 6. The van der Waals surface area contributed by atoms with Crippen molar-refractivity contribution in [3.05, 3.63) is 11.6 Å². The highest BCUT2D eigenvalue weighted by Gasteiger charge is 2.38. The van der Waals surface area contributed by atoms with E-state index < -0.39 is 39.3 Å². The molecule has 11 heteroatoms.